The van der Waals surface area contributed by atoms with E-state index in [0.717, 1.165) is 23.4 Å². The highest BCUT2D eigenvalue weighted by Crippen LogP contribution is 2.22. The van der Waals surface area contributed by atoms with Crippen LogP contribution < -0.4 is 10.6 Å². The van der Waals surface area contributed by atoms with Gasteiger partial charge in [0.2, 0.25) is 0 Å². The van der Waals surface area contributed by atoms with Crippen LogP contribution in [0.4, 0.5) is 11.5 Å². The lowest BCUT2D eigenvalue weighted by atomic mass is 10.1. The fourth-order valence-electron chi connectivity index (χ4n) is 2.68. The Morgan fingerprint density at radius 3 is 2.67 bits per heavy atom. The number of amides is 1. The Bertz CT molecular complexity index is 939. The second-order valence-corrected chi connectivity index (χ2v) is 6.65. The summed E-state index contributed by atoms with van der Waals surface area (Å²) in [6.07, 6.45) is 2.44. The first-order valence-electron chi connectivity index (χ1n) is 9.12. The van der Waals surface area contributed by atoms with Gasteiger partial charge in [0.1, 0.15) is 12.1 Å². The predicted octanol–water partition coefficient (Wildman–Crippen LogP) is 4.72. The normalized spacial score (nSPS) is 11.7. The van der Waals surface area contributed by atoms with Gasteiger partial charge in [0.25, 0.3) is 5.91 Å². The van der Waals surface area contributed by atoms with E-state index in [-0.39, 0.29) is 11.9 Å². The summed E-state index contributed by atoms with van der Waals surface area (Å²) >= 11 is 0. The number of carbonyl (C=O) groups is 1. The summed E-state index contributed by atoms with van der Waals surface area (Å²) in [6, 6.07) is 17.6. The molecule has 0 saturated heterocycles. The standard InChI is InChI=1S/C22H24N4O/c1-4-16(3)25-22(27)18-9-6-10-19(12-18)26-21-13-20(23-14-24-21)17-8-5-7-15(2)11-17/h5-14,16H,4H2,1-3H3,(H,25,27)(H,23,24,26)/t16-/m0/s1. The maximum atomic E-state index is 12.3. The highest BCUT2D eigenvalue weighted by atomic mass is 16.1. The molecule has 3 rings (SSSR count). The molecule has 2 aromatic carbocycles. The van der Waals surface area contributed by atoms with E-state index in [1.54, 1.807) is 12.4 Å². The van der Waals surface area contributed by atoms with Gasteiger partial charge in [-0.2, -0.15) is 0 Å². The summed E-state index contributed by atoms with van der Waals surface area (Å²) in [5.41, 5.74) is 4.50. The lowest BCUT2D eigenvalue weighted by Crippen LogP contribution is -2.31. The number of carbonyl (C=O) groups excluding carboxylic acids is 1. The zero-order valence-electron chi connectivity index (χ0n) is 15.9. The molecule has 1 atom stereocenters. The van der Waals surface area contributed by atoms with Crippen molar-refractivity contribution in [2.75, 3.05) is 5.32 Å². The molecule has 27 heavy (non-hydrogen) atoms. The molecule has 1 aromatic heterocycles. The van der Waals surface area contributed by atoms with E-state index in [1.807, 2.05) is 50.2 Å². The van der Waals surface area contributed by atoms with Crippen molar-refractivity contribution in [2.45, 2.75) is 33.2 Å². The zero-order chi connectivity index (χ0) is 19.2. The molecule has 0 fully saturated rings. The van der Waals surface area contributed by atoms with Gasteiger partial charge in [-0.3, -0.25) is 4.79 Å². The third-order valence-electron chi connectivity index (χ3n) is 4.37. The fourth-order valence-corrected chi connectivity index (χ4v) is 2.68. The average molecular weight is 360 g/mol. The zero-order valence-corrected chi connectivity index (χ0v) is 15.9. The highest BCUT2D eigenvalue weighted by molar-refractivity contribution is 5.95. The van der Waals surface area contributed by atoms with Gasteiger partial charge in [-0.1, -0.05) is 36.8 Å². The maximum Gasteiger partial charge on any atom is 0.251 e. The molecule has 0 saturated carbocycles. The van der Waals surface area contributed by atoms with Crippen LogP contribution in [0.1, 0.15) is 36.2 Å². The van der Waals surface area contributed by atoms with Gasteiger partial charge in [-0.25, -0.2) is 9.97 Å². The van der Waals surface area contributed by atoms with Gasteiger partial charge in [0.15, 0.2) is 0 Å². The number of rotatable bonds is 6. The van der Waals surface area contributed by atoms with Gasteiger partial charge in [-0.15, -0.1) is 0 Å². The first-order valence-corrected chi connectivity index (χ1v) is 9.12. The molecule has 1 heterocycles. The number of nitrogens with zero attached hydrogens (tertiary/aromatic N) is 2. The number of nitrogens with one attached hydrogen (secondary N) is 2. The van der Waals surface area contributed by atoms with Gasteiger partial charge in [0.05, 0.1) is 5.69 Å². The first kappa shape index (κ1) is 18.6. The van der Waals surface area contributed by atoms with Gasteiger partial charge < -0.3 is 10.6 Å². The maximum absolute atomic E-state index is 12.3. The summed E-state index contributed by atoms with van der Waals surface area (Å²) in [5, 5.41) is 6.24. The van der Waals surface area contributed by atoms with Gasteiger partial charge in [-0.05, 0) is 44.5 Å². The molecule has 3 aromatic rings. The molecule has 0 bridgehead atoms. The van der Waals surface area contributed by atoms with Crippen molar-refractivity contribution in [3.8, 4) is 11.3 Å². The van der Waals surface area contributed by atoms with Crippen molar-refractivity contribution in [3.05, 3.63) is 72.1 Å². The smallest absolute Gasteiger partial charge is 0.251 e. The minimum Gasteiger partial charge on any atom is -0.350 e. The molecule has 2 N–H and O–H groups in total. The number of benzene rings is 2. The molecule has 1 amide bonds. The lowest BCUT2D eigenvalue weighted by molar-refractivity contribution is 0.0939. The molecular weight excluding hydrogens is 336 g/mol. The fraction of sp³-hybridized carbons (Fsp3) is 0.227. The van der Waals surface area contributed by atoms with Crippen molar-refractivity contribution >= 4 is 17.4 Å². The molecule has 0 unspecified atom stereocenters. The molecule has 0 aliphatic carbocycles. The lowest BCUT2D eigenvalue weighted by Gasteiger charge is -2.12. The van der Waals surface area contributed by atoms with Crippen LogP contribution in [-0.4, -0.2) is 21.9 Å². The van der Waals surface area contributed by atoms with Crippen LogP contribution in [0.2, 0.25) is 0 Å². The molecular formula is C22H24N4O. The van der Waals surface area contributed by atoms with E-state index in [0.29, 0.717) is 11.4 Å². The predicted molar refractivity (Wildman–Crippen MR) is 109 cm³/mol. The van der Waals surface area contributed by atoms with Crippen LogP contribution in [0, 0.1) is 6.92 Å². The van der Waals surface area contributed by atoms with E-state index < -0.39 is 0 Å². The topological polar surface area (TPSA) is 66.9 Å². The monoisotopic (exact) mass is 360 g/mol. The van der Waals surface area contributed by atoms with Crippen LogP contribution >= 0.6 is 0 Å². The molecule has 5 heteroatoms. The van der Waals surface area contributed by atoms with Crippen LogP contribution in [0.25, 0.3) is 11.3 Å². The minimum atomic E-state index is -0.0730. The first-order chi connectivity index (χ1) is 13.0. The molecule has 0 aliphatic rings. The number of hydrogen-bond acceptors (Lipinski definition) is 4. The van der Waals surface area contributed by atoms with E-state index in [9.17, 15) is 4.79 Å². The quantitative estimate of drug-likeness (QED) is 0.667. The molecule has 0 spiro atoms. The van der Waals surface area contributed by atoms with Crippen molar-refractivity contribution in [1.29, 1.82) is 0 Å². The Labute approximate surface area is 159 Å². The molecule has 0 radical (unpaired) electrons. The molecule has 138 valence electrons. The summed E-state index contributed by atoms with van der Waals surface area (Å²) in [4.78, 5) is 21.0. The molecule has 5 nitrogen and oxygen atoms in total. The Balaban J connectivity index is 1.79. The van der Waals surface area contributed by atoms with Crippen LogP contribution in [-0.2, 0) is 0 Å². The Hall–Kier alpha value is -3.21. The Kier molecular flexibility index (Phi) is 5.81. The second kappa shape index (κ2) is 8.45. The SMILES string of the molecule is CC[C@H](C)NC(=O)c1cccc(Nc2cc(-c3cccc(C)c3)ncn2)c1. The number of aryl methyl sites for hydroxylation is 1. The van der Waals surface area contributed by atoms with Crippen molar-refractivity contribution in [1.82, 2.24) is 15.3 Å². The van der Waals surface area contributed by atoms with Gasteiger partial charge >= 0.3 is 0 Å². The van der Waals surface area contributed by atoms with Crippen molar-refractivity contribution in [3.63, 3.8) is 0 Å². The van der Waals surface area contributed by atoms with E-state index in [1.165, 1.54) is 5.56 Å². The number of aromatic nitrogens is 2. The summed E-state index contributed by atoms with van der Waals surface area (Å²) in [5.74, 6) is 0.608. The highest BCUT2D eigenvalue weighted by Gasteiger charge is 2.09. The van der Waals surface area contributed by atoms with E-state index in [4.69, 9.17) is 0 Å². The largest absolute Gasteiger partial charge is 0.350 e. The third-order valence-corrected chi connectivity index (χ3v) is 4.37. The van der Waals surface area contributed by atoms with Crippen LogP contribution in [0.3, 0.4) is 0 Å². The van der Waals surface area contributed by atoms with Crippen LogP contribution in [0.15, 0.2) is 60.9 Å². The third kappa shape index (κ3) is 4.91. The summed E-state index contributed by atoms with van der Waals surface area (Å²) < 4.78 is 0. The van der Waals surface area contributed by atoms with Gasteiger partial charge in [0, 0.05) is 28.9 Å². The van der Waals surface area contributed by atoms with E-state index >= 15 is 0 Å². The second-order valence-electron chi connectivity index (χ2n) is 6.65. The van der Waals surface area contributed by atoms with Crippen molar-refractivity contribution < 1.29 is 4.79 Å². The molecule has 0 aliphatic heterocycles. The average Bonchev–Trinajstić information content (AvgIpc) is 2.68. The Morgan fingerprint density at radius 1 is 1.07 bits per heavy atom. The summed E-state index contributed by atoms with van der Waals surface area (Å²) in [6.45, 7) is 6.09. The number of anilines is 2. The van der Waals surface area contributed by atoms with Crippen LogP contribution in [0.5, 0.6) is 0 Å². The number of hydrogen-bond donors (Lipinski definition) is 2. The van der Waals surface area contributed by atoms with E-state index in [2.05, 4.69) is 39.7 Å². The Morgan fingerprint density at radius 2 is 1.89 bits per heavy atom. The van der Waals surface area contributed by atoms with Crippen molar-refractivity contribution in [2.24, 2.45) is 0 Å². The summed E-state index contributed by atoms with van der Waals surface area (Å²) in [7, 11) is 0. The minimum absolute atomic E-state index is 0.0730.